The van der Waals surface area contributed by atoms with Gasteiger partial charge < -0.3 is 9.88 Å². The number of hydrogen-bond donors (Lipinski definition) is 1. The summed E-state index contributed by atoms with van der Waals surface area (Å²) in [7, 11) is 0. The van der Waals surface area contributed by atoms with Crippen LogP contribution in [-0.2, 0) is 13.1 Å². The Morgan fingerprint density at radius 2 is 2.05 bits per heavy atom. The van der Waals surface area contributed by atoms with Gasteiger partial charge in [0.25, 0.3) is 0 Å². The molecule has 1 aromatic carbocycles. The third kappa shape index (κ3) is 4.18. The molecule has 20 heavy (non-hydrogen) atoms. The molecule has 4 heteroatoms. The number of nitrogens with one attached hydrogen (secondary N) is 1. The van der Waals surface area contributed by atoms with Crippen molar-refractivity contribution in [1.29, 1.82) is 0 Å². The summed E-state index contributed by atoms with van der Waals surface area (Å²) < 4.78 is 3.38. The number of imidazole rings is 1. The summed E-state index contributed by atoms with van der Waals surface area (Å²) in [5.74, 6) is 1.05. The van der Waals surface area contributed by atoms with Crippen LogP contribution >= 0.6 is 15.9 Å². The third-order valence-corrected chi connectivity index (χ3v) is 3.66. The molecule has 0 amide bonds. The van der Waals surface area contributed by atoms with Gasteiger partial charge >= 0.3 is 0 Å². The van der Waals surface area contributed by atoms with Crippen molar-refractivity contribution in [3.8, 4) is 0 Å². The smallest absolute Gasteiger partial charge is 0.106 e. The minimum atomic E-state index is 0.110. The highest BCUT2D eigenvalue weighted by molar-refractivity contribution is 9.10. The van der Waals surface area contributed by atoms with Gasteiger partial charge in [-0.3, -0.25) is 0 Å². The van der Waals surface area contributed by atoms with Crippen LogP contribution in [0.25, 0.3) is 0 Å². The number of rotatable bonds is 4. The van der Waals surface area contributed by atoms with E-state index < -0.39 is 0 Å². The van der Waals surface area contributed by atoms with Gasteiger partial charge in [-0.05, 0) is 45.4 Å². The maximum Gasteiger partial charge on any atom is 0.106 e. The molecular formula is C16H22BrN3. The van der Waals surface area contributed by atoms with E-state index in [0.29, 0.717) is 0 Å². The molecule has 0 aliphatic carbocycles. The maximum absolute atomic E-state index is 4.45. The molecule has 0 saturated heterocycles. The molecule has 3 nitrogen and oxygen atoms in total. The van der Waals surface area contributed by atoms with Crippen molar-refractivity contribution in [2.45, 2.75) is 46.3 Å². The summed E-state index contributed by atoms with van der Waals surface area (Å²) in [5, 5.41) is 3.52. The lowest BCUT2D eigenvalue weighted by molar-refractivity contribution is 0.416. The van der Waals surface area contributed by atoms with Gasteiger partial charge in [0.15, 0.2) is 0 Å². The van der Waals surface area contributed by atoms with E-state index in [1.165, 1.54) is 11.3 Å². The second-order valence-corrected chi connectivity index (χ2v) is 7.03. The molecule has 0 unspecified atom stereocenters. The van der Waals surface area contributed by atoms with Crippen LogP contribution in [0.5, 0.6) is 0 Å². The van der Waals surface area contributed by atoms with Gasteiger partial charge in [-0.1, -0.05) is 28.1 Å². The summed E-state index contributed by atoms with van der Waals surface area (Å²) in [6, 6.07) is 8.41. The molecule has 0 atom stereocenters. The quantitative estimate of drug-likeness (QED) is 0.918. The van der Waals surface area contributed by atoms with E-state index in [2.05, 4.69) is 76.7 Å². The molecule has 1 aromatic heterocycles. The Balaban J connectivity index is 2.17. The van der Waals surface area contributed by atoms with Crippen LogP contribution in [-0.4, -0.2) is 15.1 Å². The van der Waals surface area contributed by atoms with Crippen molar-refractivity contribution in [3.05, 3.63) is 52.0 Å². The van der Waals surface area contributed by atoms with E-state index in [4.69, 9.17) is 0 Å². The minimum Gasteiger partial charge on any atom is -0.327 e. The summed E-state index contributed by atoms with van der Waals surface area (Å²) in [6.45, 7) is 10.3. The average Bonchev–Trinajstić information content (AvgIpc) is 2.68. The number of hydrogen-bond acceptors (Lipinski definition) is 2. The first-order chi connectivity index (χ1) is 9.35. The van der Waals surface area contributed by atoms with Crippen LogP contribution < -0.4 is 5.32 Å². The average molecular weight is 336 g/mol. The highest BCUT2D eigenvalue weighted by Crippen LogP contribution is 2.15. The van der Waals surface area contributed by atoms with Crippen LogP contribution in [0.1, 0.15) is 37.9 Å². The number of aromatic nitrogens is 2. The first kappa shape index (κ1) is 15.3. The SMILES string of the molecule is Cc1ncc(CNC(C)(C)C)n1Cc1cccc(Br)c1. The second-order valence-electron chi connectivity index (χ2n) is 6.12. The molecule has 0 spiro atoms. The number of benzene rings is 1. The predicted molar refractivity (Wildman–Crippen MR) is 86.8 cm³/mol. The van der Waals surface area contributed by atoms with Crippen molar-refractivity contribution in [2.24, 2.45) is 0 Å². The Morgan fingerprint density at radius 3 is 2.70 bits per heavy atom. The van der Waals surface area contributed by atoms with Crippen molar-refractivity contribution in [3.63, 3.8) is 0 Å². The molecule has 2 rings (SSSR count). The van der Waals surface area contributed by atoms with E-state index in [9.17, 15) is 0 Å². The van der Waals surface area contributed by atoms with Gasteiger partial charge in [-0.25, -0.2) is 4.98 Å². The molecule has 0 bridgehead atoms. The molecule has 0 aliphatic rings. The first-order valence-corrected chi connectivity index (χ1v) is 7.65. The van der Waals surface area contributed by atoms with Gasteiger partial charge in [-0.15, -0.1) is 0 Å². The Labute approximate surface area is 129 Å². The van der Waals surface area contributed by atoms with Crippen molar-refractivity contribution in [2.75, 3.05) is 0 Å². The lowest BCUT2D eigenvalue weighted by atomic mass is 10.1. The number of nitrogens with zero attached hydrogens (tertiary/aromatic N) is 2. The molecule has 1 N–H and O–H groups in total. The van der Waals surface area contributed by atoms with Crippen molar-refractivity contribution in [1.82, 2.24) is 14.9 Å². The highest BCUT2D eigenvalue weighted by atomic mass is 79.9. The zero-order chi connectivity index (χ0) is 14.8. The van der Waals surface area contributed by atoms with Crippen LogP contribution in [0.15, 0.2) is 34.9 Å². The fraction of sp³-hybridized carbons (Fsp3) is 0.438. The predicted octanol–water partition coefficient (Wildman–Crippen LogP) is 3.89. The molecular weight excluding hydrogens is 314 g/mol. The lowest BCUT2D eigenvalue weighted by Crippen LogP contribution is -2.35. The summed E-state index contributed by atoms with van der Waals surface area (Å²) in [4.78, 5) is 4.45. The number of aryl methyl sites for hydroxylation is 1. The van der Waals surface area contributed by atoms with Crippen LogP contribution in [0.2, 0.25) is 0 Å². The molecule has 0 radical (unpaired) electrons. The zero-order valence-electron chi connectivity index (χ0n) is 12.6. The van der Waals surface area contributed by atoms with Crippen LogP contribution in [0, 0.1) is 6.92 Å². The fourth-order valence-electron chi connectivity index (χ4n) is 2.05. The Kier molecular flexibility index (Phi) is 4.66. The first-order valence-electron chi connectivity index (χ1n) is 6.85. The standard InChI is InChI=1S/C16H22BrN3/c1-12-18-9-15(10-19-16(2,3)4)20(12)11-13-6-5-7-14(17)8-13/h5-9,19H,10-11H2,1-4H3. The van der Waals surface area contributed by atoms with Gasteiger partial charge in [0.1, 0.15) is 5.82 Å². The minimum absolute atomic E-state index is 0.110. The molecule has 108 valence electrons. The molecule has 0 fully saturated rings. The van der Waals surface area contributed by atoms with E-state index in [-0.39, 0.29) is 5.54 Å². The largest absolute Gasteiger partial charge is 0.327 e. The van der Waals surface area contributed by atoms with E-state index in [1.54, 1.807) is 0 Å². The van der Waals surface area contributed by atoms with E-state index >= 15 is 0 Å². The molecule has 0 saturated carbocycles. The topological polar surface area (TPSA) is 29.9 Å². The third-order valence-electron chi connectivity index (χ3n) is 3.17. The van der Waals surface area contributed by atoms with Crippen molar-refractivity contribution >= 4 is 15.9 Å². The van der Waals surface area contributed by atoms with Crippen molar-refractivity contribution < 1.29 is 0 Å². The van der Waals surface area contributed by atoms with E-state index in [0.717, 1.165) is 23.4 Å². The normalized spacial score (nSPS) is 11.8. The summed E-state index contributed by atoms with van der Waals surface area (Å²) >= 11 is 3.52. The van der Waals surface area contributed by atoms with Gasteiger partial charge in [0.05, 0.1) is 5.69 Å². The number of halogens is 1. The van der Waals surface area contributed by atoms with Gasteiger partial charge in [0, 0.05) is 29.3 Å². The van der Waals surface area contributed by atoms with Crippen LogP contribution in [0.3, 0.4) is 0 Å². The fourth-order valence-corrected chi connectivity index (χ4v) is 2.49. The lowest BCUT2D eigenvalue weighted by Gasteiger charge is -2.21. The summed E-state index contributed by atoms with van der Waals surface area (Å²) in [5.41, 5.74) is 2.61. The monoisotopic (exact) mass is 335 g/mol. The Hall–Kier alpha value is -1.13. The highest BCUT2D eigenvalue weighted by Gasteiger charge is 2.12. The second kappa shape index (κ2) is 6.10. The van der Waals surface area contributed by atoms with Gasteiger partial charge in [0.2, 0.25) is 0 Å². The molecule has 2 aromatic rings. The molecule has 1 heterocycles. The zero-order valence-corrected chi connectivity index (χ0v) is 14.2. The van der Waals surface area contributed by atoms with Crippen LogP contribution in [0.4, 0.5) is 0 Å². The molecule has 0 aliphatic heterocycles. The van der Waals surface area contributed by atoms with E-state index in [1.807, 2.05) is 12.3 Å². The Bertz CT molecular complexity index is 582. The Morgan fingerprint density at radius 1 is 1.30 bits per heavy atom. The summed E-state index contributed by atoms with van der Waals surface area (Å²) in [6.07, 6.45) is 1.96. The van der Waals surface area contributed by atoms with Gasteiger partial charge in [-0.2, -0.15) is 0 Å². The maximum atomic E-state index is 4.45.